The second-order valence-corrected chi connectivity index (χ2v) is 6.11. The summed E-state index contributed by atoms with van der Waals surface area (Å²) in [6, 6.07) is 10.6. The Bertz CT molecular complexity index is 553. The summed E-state index contributed by atoms with van der Waals surface area (Å²) in [6.07, 6.45) is 11.3. The van der Waals surface area contributed by atoms with Gasteiger partial charge in [-0.2, -0.15) is 0 Å². The number of hydrogen-bond acceptors (Lipinski definition) is 2. The maximum Gasteiger partial charge on any atom is 0.0705 e. The van der Waals surface area contributed by atoms with Crippen LogP contribution in [-0.2, 0) is 0 Å². The van der Waals surface area contributed by atoms with Crippen LogP contribution in [0, 0.1) is 5.92 Å². The first-order valence-electron chi connectivity index (χ1n) is 7.94. The standard InChI is InChI=1S/C18H24N2/c19-17(12-11-14-6-2-1-3-7-14)15-8-4-10-18-16(15)9-5-13-20-18/h4-5,8-10,13-14,17H,1-3,6-7,11-12,19H2. The molecule has 1 aromatic carbocycles. The number of aromatic nitrogens is 1. The van der Waals surface area contributed by atoms with Crippen molar-refractivity contribution in [1.29, 1.82) is 0 Å². The Morgan fingerprint density at radius 2 is 1.95 bits per heavy atom. The Balaban J connectivity index is 1.70. The van der Waals surface area contributed by atoms with Crippen molar-refractivity contribution in [3.8, 4) is 0 Å². The summed E-state index contributed by atoms with van der Waals surface area (Å²) in [6.45, 7) is 0. The van der Waals surface area contributed by atoms with Crippen molar-refractivity contribution in [2.24, 2.45) is 11.7 Å². The van der Waals surface area contributed by atoms with Crippen LogP contribution in [0.5, 0.6) is 0 Å². The number of rotatable bonds is 4. The van der Waals surface area contributed by atoms with E-state index in [0.29, 0.717) is 0 Å². The lowest BCUT2D eigenvalue weighted by Gasteiger charge is -2.23. The van der Waals surface area contributed by atoms with Crippen LogP contribution in [0.3, 0.4) is 0 Å². The Morgan fingerprint density at radius 1 is 1.10 bits per heavy atom. The highest BCUT2D eigenvalue weighted by atomic mass is 14.7. The zero-order valence-electron chi connectivity index (χ0n) is 12.1. The molecule has 0 amide bonds. The number of benzene rings is 1. The number of nitrogens with two attached hydrogens (primary N) is 1. The molecule has 1 atom stereocenters. The lowest BCUT2D eigenvalue weighted by molar-refractivity contribution is 0.324. The van der Waals surface area contributed by atoms with E-state index in [1.54, 1.807) is 0 Å². The van der Waals surface area contributed by atoms with Gasteiger partial charge in [-0.1, -0.05) is 50.3 Å². The summed E-state index contributed by atoms with van der Waals surface area (Å²) in [5, 5.41) is 1.21. The third kappa shape index (κ3) is 3.01. The van der Waals surface area contributed by atoms with Crippen LogP contribution in [0.25, 0.3) is 10.9 Å². The van der Waals surface area contributed by atoms with E-state index in [2.05, 4.69) is 29.2 Å². The fraction of sp³-hybridized carbons (Fsp3) is 0.500. The van der Waals surface area contributed by atoms with Gasteiger partial charge in [0.25, 0.3) is 0 Å². The number of nitrogens with zero attached hydrogens (tertiary/aromatic N) is 1. The van der Waals surface area contributed by atoms with Crippen molar-refractivity contribution in [1.82, 2.24) is 4.98 Å². The van der Waals surface area contributed by atoms with Crippen molar-refractivity contribution < 1.29 is 0 Å². The first-order chi connectivity index (χ1) is 9.84. The van der Waals surface area contributed by atoms with Crippen LogP contribution in [-0.4, -0.2) is 4.98 Å². The molecular weight excluding hydrogens is 244 g/mol. The van der Waals surface area contributed by atoms with E-state index in [4.69, 9.17) is 5.73 Å². The molecule has 1 aliphatic carbocycles. The average Bonchev–Trinajstić information content (AvgIpc) is 2.53. The van der Waals surface area contributed by atoms with Crippen LogP contribution in [0.2, 0.25) is 0 Å². The molecule has 1 saturated carbocycles. The van der Waals surface area contributed by atoms with E-state index in [-0.39, 0.29) is 6.04 Å². The first kappa shape index (κ1) is 13.6. The Kier molecular flexibility index (Phi) is 4.31. The Labute approximate surface area is 121 Å². The molecule has 0 spiro atoms. The topological polar surface area (TPSA) is 38.9 Å². The predicted molar refractivity (Wildman–Crippen MR) is 84.5 cm³/mol. The first-order valence-corrected chi connectivity index (χ1v) is 7.94. The van der Waals surface area contributed by atoms with Crippen molar-refractivity contribution >= 4 is 10.9 Å². The van der Waals surface area contributed by atoms with E-state index >= 15 is 0 Å². The molecule has 2 nitrogen and oxygen atoms in total. The number of pyridine rings is 1. The molecule has 106 valence electrons. The summed E-state index contributed by atoms with van der Waals surface area (Å²) in [5.74, 6) is 0.905. The lowest BCUT2D eigenvalue weighted by Crippen LogP contribution is -2.14. The number of fused-ring (bicyclic) bond motifs is 1. The highest BCUT2D eigenvalue weighted by Gasteiger charge is 2.16. The normalized spacial score (nSPS) is 18.2. The Hall–Kier alpha value is -1.41. The van der Waals surface area contributed by atoms with Crippen LogP contribution in [0.1, 0.15) is 56.6 Å². The van der Waals surface area contributed by atoms with Crippen LogP contribution < -0.4 is 5.73 Å². The zero-order chi connectivity index (χ0) is 13.8. The monoisotopic (exact) mass is 268 g/mol. The van der Waals surface area contributed by atoms with Crippen molar-refractivity contribution in [3.63, 3.8) is 0 Å². The smallest absolute Gasteiger partial charge is 0.0705 e. The van der Waals surface area contributed by atoms with E-state index in [1.165, 1.54) is 49.5 Å². The van der Waals surface area contributed by atoms with Gasteiger partial charge in [-0.3, -0.25) is 4.98 Å². The second kappa shape index (κ2) is 6.36. The minimum absolute atomic E-state index is 0.143. The largest absolute Gasteiger partial charge is 0.324 e. The van der Waals surface area contributed by atoms with Crippen LogP contribution in [0.4, 0.5) is 0 Å². The van der Waals surface area contributed by atoms with Gasteiger partial charge in [0.15, 0.2) is 0 Å². The van der Waals surface area contributed by atoms with Crippen molar-refractivity contribution in [3.05, 3.63) is 42.1 Å². The molecule has 3 rings (SSSR count). The molecule has 1 fully saturated rings. The zero-order valence-corrected chi connectivity index (χ0v) is 12.1. The van der Waals surface area contributed by atoms with E-state index < -0.39 is 0 Å². The van der Waals surface area contributed by atoms with Crippen molar-refractivity contribution in [2.75, 3.05) is 0 Å². The van der Waals surface area contributed by atoms with Gasteiger partial charge in [0, 0.05) is 17.6 Å². The average molecular weight is 268 g/mol. The van der Waals surface area contributed by atoms with Crippen molar-refractivity contribution in [2.45, 2.75) is 51.0 Å². The highest BCUT2D eigenvalue weighted by molar-refractivity contribution is 5.82. The lowest BCUT2D eigenvalue weighted by atomic mass is 9.84. The fourth-order valence-electron chi connectivity index (χ4n) is 3.50. The minimum Gasteiger partial charge on any atom is -0.324 e. The summed E-state index contributed by atoms with van der Waals surface area (Å²) in [7, 11) is 0. The van der Waals surface area contributed by atoms with Crippen LogP contribution in [0.15, 0.2) is 36.5 Å². The SMILES string of the molecule is NC(CCC1CCCCC1)c1cccc2ncccc12. The maximum atomic E-state index is 6.45. The molecule has 1 unspecified atom stereocenters. The van der Waals surface area contributed by atoms with E-state index in [1.807, 2.05) is 12.3 Å². The molecule has 2 heteroatoms. The van der Waals surface area contributed by atoms with Gasteiger partial charge in [0.2, 0.25) is 0 Å². The molecule has 0 bridgehead atoms. The third-order valence-corrected chi connectivity index (χ3v) is 4.69. The summed E-state index contributed by atoms with van der Waals surface area (Å²) >= 11 is 0. The van der Waals surface area contributed by atoms with Gasteiger partial charge in [0.1, 0.15) is 0 Å². The molecule has 1 aromatic heterocycles. The molecule has 20 heavy (non-hydrogen) atoms. The molecular formula is C18H24N2. The van der Waals surface area contributed by atoms with E-state index in [9.17, 15) is 0 Å². The Morgan fingerprint density at radius 3 is 2.80 bits per heavy atom. The van der Waals surface area contributed by atoms with Gasteiger partial charge >= 0.3 is 0 Å². The number of hydrogen-bond donors (Lipinski definition) is 1. The van der Waals surface area contributed by atoms with Gasteiger partial charge in [-0.25, -0.2) is 0 Å². The van der Waals surface area contributed by atoms with Gasteiger partial charge in [0.05, 0.1) is 5.52 Å². The molecule has 0 radical (unpaired) electrons. The van der Waals surface area contributed by atoms with Gasteiger partial charge in [-0.15, -0.1) is 0 Å². The molecule has 0 aliphatic heterocycles. The molecule has 2 N–H and O–H groups in total. The quantitative estimate of drug-likeness (QED) is 0.880. The maximum absolute atomic E-state index is 6.45. The van der Waals surface area contributed by atoms with E-state index in [0.717, 1.165) is 17.9 Å². The summed E-state index contributed by atoms with van der Waals surface area (Å²) < 4.78 is 0. The molecule has 0 saturated heterocycles. The predicted octanol–water partition coefficient (Wildman–Crippen LogP) is 4.60. The third-order valence-electron chi connectivity index (χ3n) is 4.69. The highest BCUT2D eigenvalue weighted by Crippen LogP contribution is 2.31. The van der Waals surface area contributed by atoms with Gasteiger partial charge in [-0.05, 0) is 36.5 Å². The molecule has 1 heterocycles. The second-order valence-electron chi connectivity index (χ2n) is 6.11. The minimum atomic E-state index is 0.143. The fourth-order valence-corrected chi connectivity index (χ4v) is 3.50. The van der Waals surface area contributed by atoms with Crippen LogP contribution >= 0.6 is 0 Å². The molecule has 1 aliphatic rings. The van der Waals surface area contributed by atoms with Gasteiger partial charge < -0.3 is 5.73 Å². The summed E-state index contributed by atoms with van der Waals surface area (Å²) in [4.78, 5) is 4.42. The molecule has 2 aromatic rings. The summed E-state index contributed by atoms with van der Waals surface area (Å²) in [5.41, 5.74) is 8.76.